The molecule has 1 aliphatic carbocycles. The van der Waals surface area contributed by atoms with Crippen LogP contribution < -0.4 is 14.2 Å². The van der Waals surface area contributed by atoms with Gasteiger partial charge in [0.15, 0.2) is 5.75 Å². The van der Waals surface area contributed by atoms with Crippen LogP contribution in [-0.2, 0) is 9.53 Å². The molecule has 6 nitrogen and oxygen atoms in total. The van der Waals surface area contributed by atoms with Crippen molar-refractivity contribution in [1.82, 2.24) is 0 Å². The second-order valence-corrected chi connectivity index (χ2v) is 8.54. The van der Waals surface area contributed by atoms with Gasteiger partial charge in [-0.05, 0) is 17.7 Å². The van der Waals surface area contributed by atoms with Gasteiger partial charge < -0.3 is 18.9 Å². The smallest absolute Gasteiger partial charge is 0.236 e. The molecule has 0 unspecified atom stereocenters. The van der Waals surface area contributed by atoms with Gasteiger partial charge in [-0.2, -0.15) is 0 Å². The number of carbonyl (C=O) groups is 2. The second kappa shape index (κ2) is 7.24. The summed E-state index contributed by atoms with van der Waals surface area (Å²) in [5, 5.41) is 0.111. The number of hydrogen-bond donors (Lipinski definition) is 0. The molecule has 2 aliphatic heterocycles. The minimum Gasteiger partial charge on any atom is -0.496 e. The van der Waals surface area contributed by atoms with Crippen molar-refractivity contribution in [3.05, 3.63) is 63.6 Å². The maximum Gasteiger partial charge on any atom is 0.236 e. The highest BCUT2D eigenvalue weighted by Gasteiger charge is 2.63. The number of carbonyl (C=O) groups excluding carboxylic acids is 2. The molecule has 2 heterocycles. The standard InChI is InChI=1S/C24H20ClFO6/c1-11-8-16-14(9-15(31-16)12-4-6-13(26)7-5-12)22(27)24(11)23(28)19-17(29-2)10-18(30-3)20(25)21(19)32-24/h4-7,10-11,15H,8-9H2,1-3H3/t11-,15+,24+/m1/s1. The Labute approximate surface area is 188 Å². The number of ketones is 2. The lowest BCUT2D eigenvalue weighted by Gasteiger charge is -2.35. The Morgan fingerprint density at radius 3 is 2.41 bits per heavy atom. The van der Waals surface area contributed by atoms with Crippen LogP contribution in [0.1, 0.15) is 41.8 Å². The van der Waals surface area contributed by atoms with Crippen LogP contribution >= 0.6 is 11.6 Å². The fourth-order valence-corrected chi connectivity index (χ4v) is 5.05. The van der Waals surface area contributed by atoms with E-state index in [0.717, 1.165) is 5.56 Å². The average molecular weight is 459 g/mol. The first-order valence-corrected chi connectivity index (χ1v) is 10.6. The van der Waals surface area contributed by atoms with E-state index in [0.29, 0.717) is 17.8 Å². The van der Waals surface area contributed by atoms with Gasteiger partial charge in [0.25, 0.3) is 0 Å². The van der Waals surface area contributed by atoms with Gasteiger partial charge >= 0.3 is 0 Å². The van der Waals surface area contributed by atoms with Crippen LogP contribution in [0, 0.1) is 11.7 Å². The zero-order valence-corrected chi connectivity index (χ0v) is 18.4. The van der Waals surface area contributed by atoms with Gasteiger partial charge in [0, 0.05) is 30.4 Å². The molecule has 2 aromatic rings. The number of fused-ring (bicyclic) bond motifs is 1. The number of hydrogen-bond acceptors (Lipinski definition) is 6. The molecular weight excluding hydrogens is 439 g/mol. The van der Waals surface area contributed by atoms with Crippen molar-refractivity contribution in [3.63, 3.8) is 0 Å². The van der Waals surface area contributed by atoms with Crippen molar-refractivity contribution in [2.45, 2.75) is 31.5 Å². The van der Waals surface area contributed by atoms with Gasteiger partial charge in [-0.3, -0.25) is 9.59 Å². The van der Waals surface area contributed by atoms with E-state index in [4.69, 9.17) is 30.5 Å². The number of rotatable bonds is 3. The molecule has 3 atom stereocenters. The second-order valence-electron chi connectivity index (χ2n) is 8.16. The summed E-state index contributed by atoms with van der Waals surface area (Å²) in [5.41, 5.74) is -0.435. The van der Waals surface area contributed by atoms with Crippen molar-refractivity contribution >= 4 is 23.2 Å². The third kappa shape index (κ3) is 2.70. The molecule has 0 aromatic heterocycles. The van der Waals surface area contributed by atoms with E-state index in [2.05, 4.69) is 0 Å². The Hall–Kier alpha value is -3.06. The fourth-order valence-electron chi connectivity index (χ4n) is 4.78. The largest absolute Gasteiger partial charge is 0.496 e. The number of allylic oxidation sites excluding steroid dienone is 1. The molecule has 166 valence electrons. The van der Waals surface area contributed by atoms with Crippen LogP contribution in [0.2, 0.25) is 5.02 Å². The first kappa shape index (κ1) is 20.8. The van der Waals surface area contributed by atoms with Crippen molar-refractivity contribution in [2.24, 2.45) is 5.92 Å². The Balaban J connectivity index is 1.54. The molecule has 0 radical (unpaired) electrons. The highest BCUT2D eigenvalue weighted by molar-refractivity contribution is 6.36. The maximum atomic E-state index is 13.8. The zero-order chi connectivity index (χ0) is 22.8. The van der Waals surface area contributed by atoms with Crippen LogP contribution in [0.5, 0.6) is 17.2 Å². The Morgan fingerprint density at radius 1 is 1.06 bits per heavy atom. The fraction of sp³-hybridized carbons (Fsp3) is 0.333. The first-order valence-electron chi connectivity index (χ1n) is 10.2. The molecular formula is C24H20ClFO6. The summed E-state index contributed by atoms with van der Waals surface area (Å²) in [6.07, 6.45) is 0.189. The molecule has 0 bridgehead atoms. The monoisotopic (exact) mass is 458 g/mol. The van der Waals surface area contributed by atoms with Gasteiger partial charge in [0.1, 0.15) is 39.8 Å². The lowest BCUT2D eigenvalue weighted by molar-refractivity contribution is -0.130. The minimum absolute atomic E-state index is 0.0890. The average Bonchev–Trinajstić information content (AvgIpc) is 3.34. The van der Waals surface area contributed by atoms with E-state index < -0.39 is 29.2 Å². The Bertz CT molecular complexity index is 1190. The van der Waals surface area contributed by atoms with E-state index in [-0.39, 0.29) is 40.1 Å². The summed E-state index contributed by atoms with van der Waals surface area (Å²) >= 11 is 6.44. The predicted octanol–water partition coefficient (Wildman–Crippen LogP) is 4.83. The molecule has 0 saturated heterocycles. The van der Waals surface area contributed by atoms with Crippen molar-refractivity contribution < 1.29 is 32.9 Å². The van der Waals surface area contributed by atoms with Gasteiger partial charge in [0.2, 0.25) is 17.2 Å². The molecule has 0 N–H and O–H groups in total. The van der Waals surface area contributed by atoms with Crippen LogP contribution in [0.4, 0.5) is 4.39 Å². The van der Waals surface area contributed by atoms with Crippen LogP contribution in [0.25, 0.3) is 0 Å². The lowest BCUT2D eigenvalue weighted by Crippen LogP contribution is -2.56. The van der Waals surface area contributed by atoms with E-state index in [9.17, 15) is 14.0 Å². The summed E-state index contributed by atoms with van der Waals surface area (Å²) in [4.78, 5) is 27.4. The Morgan fingerprint density at radius 2 is 1.75 bits per heavy atom. The van der Waals surface area contributed by atoms with Gasteiger partial charge in [0.05, 0.1) is 14.2 Å². The summed E-state index contributed by atoms with van der Waals surface area (Å²) in [5.74, 6) is -0.628. The summed E-state index contributed by atoms with van der Waals surface area (Å²) < 4.78 is 36.1. The minimum atomic E-state index is -1.74. The van der Waals surface area contributed by atoms with Crippen molar-refractivity contribution in [2.75, 3.05) is 14.2 Å². The number of Topliss-reactive ketones (excluding diaryl/α,β-unsaturated/α-hetero) is 2. The molecule has 0 saturated carbocycles. The van der Waals surface area contributed by atoms with Crippen LogP contribution in [0.15, 0.2) is 41.7 Å². The van der Waals surface area contributed by atoms with E-state index in [1.54, 1.807) is 19.1 Å². The van der Waals surface area contributed by atoms with Crippen LogP contribution in [0.3, 0.4) is 0 Å². The highest BCUT2D eigenvalue weighted by atomic mass is 35.5. The predicted molar refractivity (Wildman–Crippen MR) is 113 cm³/mol. The van der Waals surface area contributed by atoms with Gasteiger partial charge in [-0.1, -0.05) is 30.7 Å². The molecule has 32 heavy (non-hydrogen) atoms. The first-order chi connectivity index (χ1) is 15.3. The maximum absolute atomic E-state index is 13.8. The van der Waals surface area contributed by atoms with Gasteiger partial charge in [-0.25, -0.2) is 4.39 Å². The van der Waals surface area contributed by atoms with E-state index in [1.807, 2.05) is 0 Å². The van der Waals surface area contributed by atoms with E-state index >= 15 is 0 Å². The molecule has 8 heteroatoms. The van der Waals surface area contributed by atoms with Crippen molar-refractivity contribution in [3.8, 4) is 17.2 Å². The number of benzene rings is 2. The van der Waals surface area contributed by atoms with Gasteiger partial charge in [-0.15, -0.1) is 0 Å². The van der Waals surface area contributed by atoms with E-state index in [1.165, 1.54) is 32.4 Å². The topological polar surface area (TPSA) is 71.1 Å². The van der Waals surface area contributed by atoms with Crippen molar-refractivity contribution in [1.29, 1.82) is 0 Å². The lowest BCUT2D eigenvalue weighted by atomic mass is 9.71. The normalized spacial score (nSPS) is 26.0. The SMILES string of the molecule is COc1cc(OC)c2c(c1Cl)O[C@@]1(C(=O)C3=C(C[C@H]1C)O[C@H](c1ccc(F)cc1)C3)C2=O. The summed E-state index contributed by atoms with van der Waals surface area (Å²) in [7, 11) is 2.86. The molecule has 3 aliphatic rings. The highest BCUT2D eigenvalue weighted by Crippen LogP contribution is 2.55. The number of methoxy groups -OCH3 is 2. The quantitative estimate of drug-likeness (QED) is 0.613. The zero-order valence-electron chi connectivity index (χ0n) is 17.7. The Kier molecular flexibility index (Phi) is 4.71. The molecule has 0 amide bonds. The molecule has 2 aromatic carbocycles. The molecule has 0 fully saturated rings. The summed E-state index contributed by atoms with van der Waals surface area (Å²) in [6, 6.07) is 7.47. The summed E-state index contributed by atoms with van der Waals surface area (Å²) in [6.45, 7) is 1.78. The van der Waals surface area contributed by atoms with Crippen LogP contribution in [-0.4, -0.2) is 31.4 Å². The number of halogens is 2. The number of ether oxygens (including phenoxy) is 4. The third-order valence-electron chi connectivity index (χ3n) is 6.47. The third-order valence-corrected chi connectivity index (χ3v) is 6.83. The molecule has 5 rings (SSSR count). The molecule has 1 spiro atoms.